The smallest absolute Gasteiger partial charge is 0.306 e. The Kier molecular flexibility index (Phi) is 4.44. The van der Waals surface area contributed by atoms with E-state index in [1.165, 1.54) is 19.3 Å². The fraction of sp³-hybridized carbons (Fsp3) is 0.600. The maximum absolute atomic E-state index is 11.2. The molecule has 2 heterocycles. The quantitative estimate of drug-likeness (QED) is 0.784. The molecule has 0 aliphatic carbocycles. The molecule has 1 aromatic rings. The molecule has 3 rings (SSSR count). The Morgan fingerprint density at radius 3 is 2.73 bits per heavy atom. The molecule has 1 unspecified atom stereocenters. The molecule has 1 aromatic carbocycles. The van der Waals surface area contributed by atoms with Crippen molar-refractivity contribution in [3.63, 3.8) is 0 Å². The number of benzene rings is 1. The SMILES string of the molecule is CS(=O)(=O)Oc1ccc2c(c1)OC(CN1CCCCC1)CO2. The van der Waals surface area contributed by atoms with E-state index in [9.17, 15) is 8.42 Å². The lowest BCUT2D eigenvalue weighted by Gasteiger charge is -2.33. The van der Waals surface area contributed by atoms with Crippen LogP contribution in [-0.2, 0) is 10.1 Å². The average molecular weight is 327 g/mol. The van der Waals surface area contributed by atoms with E-state index in [2.05, 4.69) is 4.90 Å². The van der Waals surface area contributed by atoms with Gasteiger partial charge in [-0.1, -0.05) is 6.42 Å². The van der Waals surface area contributed by atoms with Gasteiger partial charge in [0.15, 0.2) is 11.5 Å². The van der Waals surface area contributed by atoms with Crippen LogP contribution in [0.3, 0.4) is 0 Å². The molecular formula is C15H21NO5S. The number of hydrogen-bond donors (Lipinski definition) is 0. The van der Waals surface area contributed by atoms with Crippen molar-refractivity contribution in [3.8, 4) is 17.2 Å². The normalized spacial score (nSPS) is 22.3. The number of piperidine rings is 1. The highest BCUT2D eigenvalue weighted by Crippen LogP contribution is 2.35. The zero-order valence-electron chi connectivity index (χ0n) is 12.7. The number of nitrogens with zero attached hydrogens (tertiary/aromatic N) is 1. The van der Waals surface area contributed by atoms with E-state index < -0.39 is 10.1 Å². The highest BCUT2D eigenvalue weighted by atomic mass is 32.2. The summed E-state index contributed by atoms with van der Waals surface area (Å²) in [5.74, 6) is 1.40. The van der Waals surface area contributed by atoms with Gasteiger partial charge in [0.25, 0.3) is 0 Å². The van der Waals surface area contributed by atoms with Crippen LogP contribution in [0.25, 0.3) is 0 Å². The minimum atomic E-state index is -3.54. The Balaban J connectivity index is 1.66. The van der Waals surface area contributed by atoms with E-state index in [0.717, 1.165) is 25.9 Å². The molecule has 0 spiro atoms. The summed E-state index contributed by atoms with van der Waals surface area (Å²) in [5.41, 5.74) is 0. The van der Waals surface area contributed by atoms with Crippen molar-refractivity contribution in [3.05, 3.63) is 18.2 Å². The van der Waals surface area contributed by atoms with E-state index in [4.69, 9.17) is 13.7 Å². The molecule has 0 aromatic heterocycles. The van der Waals surface area contributed by atoms with Crippen LogP contribution in [0.4, 0.5) is 0 Å². The summed E-state index contributed by atoms with van der Waals surface area (Å²) in [6, 6.07) is 4.81. The molecule has 0 N–H and O–H groups in total. The van der Waals surface area contributed by atoms with Crippen LogP contribution in [-0.4, -0.2) is 51.9 Å². The molecule has 0 saturated carbocycles. The largest absolute Gasteiger partial charge is 0.486 e. The maximum Gasteiger partial charge on any atom is 0.306 e. The van der Waals surface area contributed by atoms with Crippen LogP contribution in [0.5, 0.6) is 17.2 Å². The molecule has 2 aliphatic heterocycles. The first-order valence-corrected chi connectivity index (χ1v) is 9.36. The second-order valence-corrected chi connectivity index (χ2v) is 7.38. The van der Waals surface area contributed by atoms with Gasteiger partial charge in [0.2, 0.25) is 0 Å². The van der Waals surface area contributed by atoms with Crippen molar-refractivity contribution < 1.29 is 22.1 Å². The van der Waals surface area contributed by atoms with Gasteiger partial charge in [-0.05, 0) is 38.1 Å². The summed E-state index contributed by atoms with van der Waals surface area (Å²) < 4.78 is 38.9. The van der Waals surface area contributed by atoms with Crippen LogP contribution < -0.4 is 13.7 Å². The molecule has 2 aliphatic rings. The molecule has 0 amide bonds. The van der Waals surface area contributed by atoms with Gasteiger partial charge in [0.05, 0.1) is 6.26 Å². The standard InChI is InChI=1S/C15H21NO5S/c1-22(17,18)21-12-5-6-14-15(9-12)20-13(11-19-14)10-16-7-3-2-4-8-16/h5-6,9,13H,2-4,7-8,10-11H2,1H3. The fourth-order valence-electron chi connectivity index (χ4n) is 2.84. The Labute approximate surface area is 131 Å². The van der Waals surface area contributed by atoms with Gasteiger partial charge in [0, 0.05) is 12.6 Å². The predicted molar refractivity (Wildman–Crippen MR) is 82.1 cm³/mol. The number of ether oxygens (including phenoxy) is 2. The number of rotatable bonds is 4. The van der Waals surface area contributed by atoms with Crippen molar-refractivity contribution in [2.75, 3.05) is 32.5 Å². The van der Waals surface area contributed by atoms with Crippen LogP contribution in [0.15, 0.2) is 18.2 Å². The third kappa shape index (κ3) is 4.04. The second kappa shape index (κ2) is 6.34. The molecule has 0 bridgehead atoms. The lowest BCUT2D eigenvalue weighted by molar-refractivity contribution is 0.0531. The lowest BCUT2D eigenvalue weighted by atomic mass is 10.1. The maximum atomic E-state index is 11.2. The van der Waals surface area contributed by atoms with Crippen LogP contribution in [0, 0.1) is 0 Å². The first-order chi connectivity index (χ1) is 10.5. The van der Waals surface area contributed by atoms with Crippen LogP contribution in [0.1, 0.15) is 19.3 Å². The topological polar surface area (TPSA) is 65.1 Å². The number of fused-ring (bicyclic) bond motifs is 1. The van der Waals surface area contributed by atoms with E-state index >= 15 is 0 Å². The highest BCUT2D eigenvalue weighted by Gasteiger charge is 2.25. The Morgan fingerprint density at radius 2 is 2.00 bits per heavy atom. The molecule has 1 fully saturated rings. The number of likely N-dealkylation sites (tertiary alicyclic amines) is 1. The summed E-state index contributed by atoms with van der Waals surface area (Å²) in [6.45, 7) is 3.54. The molecule has 1 saturated heterocycles. The van der Waals surface area contributed by atoms with Crippen LogP contribution in [0.2, 0.25) is 0 Å². The second-order valence-electron chi connectivity index (χ2n) is 5.81. The lowest BCUT2D eigenvalue weighted by Crippen LogP contribution is -2.42. The van der Waals surface area contributed by atoms with E-state index in [-0.39, 0.29) is 11.9 Å². The molecule has 22 heavy (non-hydrogen) atoms. The summed E-state index contributed by atoms with van der Waals surface area (Å²) >= 11 is 0. The molecule has 0 radical (unpaired) electrons. The summed E-state index contributed by atoms with van der Waals surface area (Å²) in [4.78, 5) is 2.39. The monoisotopic (exact) mass is 327 g/mol. The highest BCUT2D eigenvalue weighted by molar-refractivity contribution is 7.86. The molecule has 6 nitrogen and oxygen atoms in total. The van der Waals surface area contributed by atoms with Gasteiger partial charge in [-0.25, -0.2) is 0 Å². The van der Waals surface area contributed by atoms with E-state index in [1.807, 2.05) is 0 Å². The Hall–Kier alpha value is -1.47. The van der Waals surface area contributed by atoms with Crippen molar-refractivity contribution in [2.24, 2.45) is 0 Å². The fourth-order valence-corrected chi connectivity index (χ4v) is 3.30. The van der Waals surface area contributed by atoms with Crippen molar-refractivity contribution in [1.82, 2.24) is 4.90 Å². The number of hydrogen-bond acceptors (Lipinski definition) is 6. The first-order valence-electron chi connectivity index (χ1n) is 7.55. The van der Waals surface area contributed by atoms with Gasteiger partial charge in [0.1, 0.15) is 18.5 Å². The third-order valence-electron chi connectivity index (χ3n) is 3.79. The Morgan fingerprint density at radius 1 is 1.23 bits per heavy atom. The molecular weight excluding hydrogens is 306 g/mol. The first kappa shape index (κ1) is 15.4. The van der Waals surface area contributed by atoms with Crippen LogP contribution >= 0.6 is 0 Å². The van der Waals surface area contributed by atoms with Crippen molar-refractivity contribution >= 4 is 10.1 Å². The van der Waals surface area contributed by atoms with Gasteiger partial charge < -0.3 is 13.7 Å². The van der Waals surface area contributed by atoms with Gasteiger partial charge in [-0.15, -0.1) is 0 Å². The average Bonchev–Trinajstić information content (AvgIpc) is 2.46. The zero-order chi connectivity index (χ0) is 15.6. The minimum Gasteiger partial charge on any atom is -0.486 e. The van der Waals surface area contributed by atoms with Gasteiger partial charge >= 0.3 is 10.1 Å². The molecule has 7 heteroatoms. The summed E-state index contributed by atoms with van der Waals surface area (Å²) in [7, 11) is -3.54. The van der Waals surface area contributed by atoms with Gasteiger partial charge in [-0.3, -0.25) is 4.90 Å². The molecule has 122 valence electrons. The third-order valence-corrected chi connectivity index (χ3v) is 4.29. The van der Waals surface area contributed by atoms with Crippen molar-refractivity contribution in [2.45, 2.75) is 25.4 Å². The zero-order valence-corrected chi connectivity index (χ0v) is 13.5. The summed E-state index contributed by atoms with van der Waals surface area (Å²) in [5, 5.41) is 0. The predicted octanol–water partition coefficient (Wildman–Crippen LogP) is 1.65. The minimum absolute atomic E-state index is 0.0425. The van der Waals surface area contributed by atoms with Gasteiger partial charge in [-0.2, -0.15) is 8.42 Å². The van der Waals surface area contributed by atoms with Crippen molar-refractivity contribution in [1.29, 1.82) is 0 Å². The molecule has 1 atom stereocenters. The van der Waals surface area contributed by atoms with E-state index in [0.29, 0.717) is 18.1 Å². The van der Waals surface area contributed by atoms with E-state index in [1.54, 1.807) is 18.2 Å². The summed E-state index contributed by atoms with van der Waals surface area (Å²) in [6.07, 6.45) is 4.74. The Bertz CT molecular complexity index is 625.